The first-order chi connectivity index (χ1) is 15.0. The largest absolute Gasteiger partial charge is 0.508 e. The Labute approximate surface area is 184 Å². The summed E-state index contributed by atoms with van der Waals surface area (Å²) >= 11 is 1.63. The second-order valence-electron chi connectivity index (χ2n) is 7.42. The highest BCUT2D eigenvalue weighted by Gasteiger charge is 2.25. The van der Waals surface area contributed by atoms with Crippen molar-refractivity contribution in [2.45, 2.75) is 39.3 Å². The van der Waals surface area contributed by atoms with E-state index in [1.54, 1.807) is 30.4 Å². The van der Waals surface area contributed by atoms with Crippen LogP contribution in [0, 0.1) is 12.7 Å². The van der Waals surface area contributed by atoms with Crippen LogP contribution in [-0.2, 0) is 16.0 Å². The van der Waals surface area contributed by atoms with Gasteiger partial charge in [-0.05, 0) is 37.6 Å². The third-order valence-corrected chi connectivity index (χ3v) is 6.07. The first-order valence-electron chi connectivity index (χ1n) is 10.4. The van der Waals surface area contributed by atoms with E-state index in [1.165, 1.54) is 12.1 Å². The summed E-state index contributed by atoms with van der Waals surface area (Å²) in [6, 6.07) is 8.50. The van der Waals surface area contributed by atoms with Gasteiger partial charge in [0, 0.05) is 37.4 Å². The zero-order valence-corrected chi connectivity index (χ0v) is 18.4. The van der Waals surface area contributed by atoms with E-state index in [1.807, 2.05) is 6.92 Å². The molecule has 1 fully saturated rings. The molecule has 0 bridgehead atoms. The number of carbonyl (C=O) groups excluding carboxylic acids is 1. The zero-order valence-electron chi connectivity index (χ0n) is 17.6. The van der Waals surface area contributed by atoms with Gasteiger partial charge in [0.1, 0.15) is 22.6 Å². The average molecular weight is 445 g/mol. The van der Waals surface area contributed by atoms with Gasteiger partial charge in [0.15, 0.2) is 0 Å². The normalized spacial score (nSPS) is 14.6. The van der Waals surface area contributed by atoms with Crippen LogP contribution < -0.4 is 10.2 Å². The van der Waals surface area contributed by atoms with Crippen LogP contribution in [0.1, 0.15) is 30.2 Å². The van der Waals surface area contributed by atoms with E-state index >= 15 is 0 Å². The van der Waals surface area contributed by atoms with Crippen molar-refractivity contribution in [3.8, 4) is 0 Å². The van der Waals surface area contributed by atoms with E-state index < -0.39 is 6.16 Å². The third kappa shape index (κ3) is 5.22. The smallest absolute Gasteiger partial charge is 0.435 e. The van der Waals surface area contributed by atoms with Crippen molar-refractivity contribution >= 4 is 39.5 Å². The molecular weight excluding hydrogens is 419 g/mol. The van der Waals surface area contributed by atoms with Crippen LogP contribution in [0.3, 0.4) is 0 Å². The Bertz CT molecular complexity index is 1050. The Morgan fingerprint density at radius 1 is 1.26 bits per heavy atom. The van der Waals surface area contributed by atoms with Gasteiger partial charge in [0.2, 0.25) is 5.95 Å². The average Bonchev–Trinajstić information content (AvgIpc) is 3.14. The van der Waals surface area contributed by atoms with Crippen LogP contribution in [0.4, 0.5) is 21.0 Å². The fraction of sp³-hybridized carbons (Fsp3) is 0.409. The molecule has 0 aliphatic carbocycles. The number of hydrogen-bond acceptors (Lipinski definition) is 8. The SMILES string of the molecule is CCOC(=O)OC1CCN(c2nc(NCc3ccc(F)cc3)c3cc(C)sc3n2)CC1. The molecule has 7 nitrogen and oxygen atoms in total. The number of carbonyl (C=O) groups is 1. The molecule has 1 aliphatic heterocycles. The minimum Gasteiger partial charge on any atom is -0.435 e. The number of aryl methyl sites for hydroxylation is 1. The fourth-order valence-electron chi connectivity index (χ4n) is 3.56. The van der Waals surface area contributed by atoms with Crippen molar-refractivity contribution in [3.63, 3.8) is 0 Å². The lowest BCUT2D eigenvalue weighted by Crippen LogP contribution is -2.39. The summed E-state index contributed by atoms with van der Waals surface area (Å²) in [6.07, 6.45) is 0.628. The molecule has 4 rings (SSSR count). The zero-order chi connectivity index (χ0) is 21.8. The molecular formula is C22H25FN4O3S. The summed E-state index contributed by atoms with van der Waals surface area (Å²) in [7, 11) is 0. The van der Waals surface area contributed by atoms with Gasteiger partial charge in [-0.15, -0.1) is 11.3 Å². The maximum atomic E-state index is 13.2. The molecule has 0 radical (unpaired) electrons. The predicted molar refractivity (Wildman–Crippen MR) is 119 cm³/mol. The van der Waals surface area contributed by atoms with Crippen LogP contribution in [-0.4, -0.2) is 41.9 Å². The van der Waals surface area contributed by atoms with Crippen LogP contribution in [0.15, 0.2) is 30.3 Å². The van der Waals surface area contributed by atoms with Gasteiger partial charge in [0.05, 0.1) is 12.0 Å². The van der Waals surface area contributed by atoms with E-state index in [0.29, 0.717) is 45.0 Å². The number of ether oxygens (including phenoxy) is 2. The molecule has 2 aromatic heterocycles. The number of halogens is 1. The van der Waals surface area contributed by atoms with Crippen molar-refractivity contribution < 1.29 is 18.7 Å². The lowest BCUT2D eigenvalue weighted by molar-refractivity contribution is 0.0183. The highest BCUT2D eigenvalue weighted by Crippen LogP contribution is 2.31. The maximum absolute atomic E-state index is 13.2. The summed E-state index contributed by atoms with van der Waals surface area (Å²) in [5.41, 5.74) is 0.971. The lowest BCUT2D eigenvalue weighted by Gasteiger charge is -2.31. The lowest BCUT2D eigenvalue weighted by atomic mass is 10.1. The Kier molecular flexibility index (Phi) is 6.50. The molecule has 9 heteroatoms. The number of nitrogens with one attached hydrogen (secondary N) is 1. The summed E-state index contributed by atoms with van der Waals surface area (Å²) < 4.78 is 23.4. The molecule has 3 aromatic rings. The second kappa shape index (κ2) is 9.47. The molecule has 1 aromatic carbocycles. The third-order valence-electron chi connectivity index (χ3n) is 5.13. The topological polar surface area (TPSA) is 76.6 Å². The molecule has 0 saturated carbocycles. The van der Waals surface area contributed by atoms with Gasteiger partial charge in [-0.25, -0.2) is 14.2 Å². The number of thiophene rings is 1. The first-order valence-corrected chi connectivity index (χ1v) is 11.2. The number of piperidine rings is 1. The monoisotopic (exact) mass is 444 g/mol. The van der Waals surface area contributed by atoms with Gasteiger partial charge in [-0.2, -0.15) is 4.98 Å². The Balaban J connectivity index is 1.48. The Morgan fingerprint density at radius 2 is 2.00 bits per heavy atom. The fourth-order valence-corrected chi connectivity index (χ4v) is 4.43. The molecule has 3 heterocycles. The standard InChI is InChI=1S/C22H25FN4O3S/c1-3-29-22(28)30-17-8-10-27(11-9-17)21-25-19(18-12-14(2)31-20(18)26-21)24-13-15-4-6-16(23)7-5-15/h4-7,12,17H,3,8-11,13H2,1-2H3,(H,24,25,26). The summed E-state index contributed by atoms with van der Waals surface area (Å²) in [5, 5.41) is 4.37. The summed E-state index contributed by atoms with van der Waals surface area (Å²) in [4.78, 5) is 25.3. The van der Waals surface area contributed by atoms with Crippen molar-refractivity contribution in [2.75, 3.05) is 29.9 Å². The first kappa shape index (κ1) is 21.3. The van der Waals surface area contributed by atoms with Crippen LogP contribution in [0.5, 0.6) is 0 Å². The van der Waals surface area contributed by atoms with E-state index in [9.17, 15) is 9.18 Å². The van der Waals surface area contributed by atoms with Crippen LogP contribution in [0.25, 0.3) is 10.2 Å². The summed E-state index contributed by atoms with van der Waals surface area (Å²) in [5.74, 6) is 1.17. The maximum Gasteiger partial charge on any atom is 0.508 e. The molecule has 1 saturated heterocycles. The molecule has 1 aliphatic rings. The van der Waals surface area contributed by atoms with E-state index in [4.69, 9.17) is 19.4 Å². The number of benzene rings is 1. The Morgan fingerprint density at radius 3 is 2.71 bits per heavy atom. The minimum absolute atomic E-state index is 0.154. The number of fused-ring (bicyclic) bond motifs is 1. The van der Waals surface area contributed by atoms with Gasteiger partial charge in [-0.3, -0.25) is 0 Å². The molecule has 31 heavy (non-hydrogen) atoms. The number of aromatic nitrogens is 2. The molecule has 0 unspecified atom stereocenters. The quantitative estimate of drug-likeness (QED) is 0.542. The van der Waals surface area contributed by atoms with Gasteiger partial charge >= 0.3 is 6.16 Å². The molecule has 0 amide bonds. The second-order valence-corrected chi connectivity index (χ2v) is 8.65. The van der Waals surface area contributed by atoms with E-state index in [-0.39, 0.29) is 11.9 Å². The predicted octanol–water partition coefficient (Wildman–Crippen LogP) is 4.89. The molecule has 1 N–H and O–H groups in total. The minimum atomic E-state index is -0.611. The van der Waals surface area contributed by atoms with Gasteiger partial charge < -0.3 is 19.7 Å². The van der Waals surface area contributed by atoms with Crippen molar-refractivity contribution in [2.24, 2.45) is 0 Å². The van der Waals surface area contributed by atoms with Crippen LogP contribution in [0.2, 0.25) is 0 Å². The number of hydrogen-bond donors (Lipinski definition) is 1. The van der Waals surface area contributed by atoms with Gasteiger partial charge in [0.25, 0.3) is 0 Å². The summed E-state index contributed by atoms with van der Waals surface area (Å²) in [6.45, 7) is 6.03. The number of rotatable bonds is 6. The van der Waals surface area contributed by atoms with Crippen molar-refractivity contribution in [1.29, 1.82) is 0 Å². The van der Waals surface area contributed by atoms with Crippen molar-refractivity contribution in [1.82, 2.24) is 9.97 Å². The molecule has 164 valence electrons. The van der Waals surface area contributed by atoms with E-state index in [2.05, 4.69) is 16.3 Å². The van der Waals surface area contributed by atoms with E-state index in [0.717, 1.165) is 26.5 Å². The van der Waals surface area contributed by atoms with Gasteiger partial charge in [-0.1, -0.05) is 12.1 Å². The Hall–Kier alpha value is -2.94. The molecule has 0 atom stereocenters. The van der Waals surface area contributed by atoms with Crippen LogP contribution >= 0.6 is 11.3 Å². The van der Waals surface area contributed by atoms with Crippen molar-refractivity contribution in [3.05, 3.63) is 46.6 Å². The molecule has 0 spiro atoms. The highest BCUT2D eigenvalue weighted by molar-refractivity contribution is 7.18. The number of anilines is 2. The number of nitrogens with zero attached hydrogens (tertiary/aromatic N) is 3. The highest BCUT2D eigenvalue weighted by atomic mass is 32.1.